The molecular formula is C14H24N2O3. The number of imide groups is 1. The summed E-state index contributed by atoms with van der Waals surface area (Å²) in [5, 5.41) is 3.29. The van der Waals surface area contributed by atoms with Crippen LogP contribution in [-0.4, -0.2) is 49.1 Å². The first-order chi connectivity index (χ1) is 8.99. The lowest BCUT2D eigenvalue weighted by Gasteiger charge is -2.21. The van der Waals surface area contributed by atoms with Gasteiger partial charge in [-0.05, 0) is 38.5 Å². The van der Waals surface area contributed by atoms with Crippen molar-refractivity contribution in [2.24, 2.45) is 5.41 Å². The van der Waals surface area contributed by atoms with E-state index in [-0.39, 0.29) is 23.9 Å². The van der Waals surface area contributed by atoms with Gasteiger partial charge in [-0.15, -0.1) is 0 Å². The quantitative estimate of drug-likeness (QED) is 0.698. The van der Waals surface area contributed by atoms with Crippen LogP contribution in [0.15, 0.2) is 0 Å². The Hall–Kier alpha value is -0.940. The van der Waals surface area contributed by atoms with Gasteiger partial charge in [-0.3, -0.25) is 14.5 Å². The van der Waals surface area contributed by atoms with Crippen LogP contribution in [0.2, 0.25) is 0 Å². The summed E-state index contributed by atoms with van der Waals surface area (Å²) >= 11 is 0. The second-order valence-corrected chi connectivity index (χ2v) is 6.08. The fourth-order valence-electron chi connectivity index (χ4n) is 2.70. The number of hydrogen-bond donors (Lipinski definition) is 1. The minimum absolute atomic E-state index is 0.0461. The first kappa shape index (κ1) is 14.5. The molecule has 2 rings (SSSR count). The summed E-state index contributed by atoms with van der Waals surface area (Å²) in [4.78, 5) is 25.3. The van der Waals surface area contributed by atoms with Gasteiger partial charge in [-0.25, -0.2) is 0 Å². The molecule has 1 unspecified atom stereocenters. The zero-order valence-electron chi connectivity index (χ0n) is 12.1. The Bertz CT molecular complexity index is 364. The van der Waals surface area contributed by atoms with Crippen molar-refractivity contribution in [2.45, 2.75) is 51.6 Å². The predicted octanol–water partition coefficient (Wildman–Crippen LogP) is 0.929. The van der Waals surface area contributed by atoms with E-state index < -0.39 is 0 Å². The summed E-state index contributed by atoms with van der Waals surface area (Å²) in [6.07, 6.45) is 3.70. The fraction of sp³-hybridized carbons (Fsp3) is 0.857. The zero-order valence-corrected chi connectivity index (χ0v) is 12.1. The molecular weight excluding hydrogens is 244 g/mol. The largest absolute Gasteiger partial charge is 0.385 e. The van der Waals surface area contributed by atoms with Crippen molar-refractivity contribution in [1.82, 2.24) is 10.2 Å². The lowest BCUT2D eigenvalue weighted by Crippen LogP contribution is -2.43. The topological polar surface area (TPSA) is 58.6 Å². The molecule has 19 heavy (non-hydrogen) atoms. The highest BCUT2D eigenvalue weighted by molar-refractivity contribution is 6.05. The van der Waals surface area contributed by atoms with Crippen molar-refractivity contribution in [3.63, 3.8) is 0 Å². The molecule has 0 bridgehead atoms. The van der Waals surface area contributed by atoms with Crippen LogP contribution in [0.5, 0.6) is 0 Å². The van der Waals surface area contributed by atoms with Gasteiger partial charge < -0.3 is 10.1 Å². The molecule has 2 aliphatic rings. The summed E-state index contributed by atoms with van der Waals surface area (Å²) in [5.41, 5.74) is 0.296. The Morgan fingerprint density at radius 2 is 2.11 bits per heavy atom. The monoisotopic (exact) mass is 268 g/mol. The molecule has 1 N–H and O–H groups in total. The minimum Gasteiger partial charge on any atom is -0.385 e. The van der Waals surface area contributed by atoms with Crippen LogP contribution < -0.4 is 5.32 Å². The summed E-state index contributed by atoms with van der Waals surface area (Å²) in [6, 6.07) is -0.370. The Morgan fingerprint density at radius 3 is 2.58 bits per heavy atom. The van der Waals surface area contributed by atoms with Crippen molar-refractivity contribution in [2.75, 3.05) is 20.3 Å². The molecule has 108 valence electrons. The van der Waals surface area contributed by atoms with E-state index in [1.54, 1.807) is 7.11 Å². The minimum atomic E-state index is -0.324. The average Bonchev–Trinajstić information content (AvgIpc) is 3.06. The van der Waals surface area contributed by atoms with Crippen LogP contribution in [0, 0.1) is 5.41 Å². The van der Waals surface area contributed by atoms with Gasteiger partial charge in [0.25, 0.3) is 0 Å². The second kappa shape index (κ2) is 5.59. The van der Waals surface area contributed by atoms with E-state index in [2.05, 4.69) is 5.32 Å². The van der Waals surface area contributed by atoms with Crippen molar-refractivity contribution >= 4 is 11.8 Å². The third-order valence-corrected chi connectivity index (χ3v) is 4.22. The first-order valence-corrected chi connectivity index (χ1v) is 7.07. The molecule has 1 saturated heterocycles. The van der Waals surface area contributed by atoms with E-state index in [4.69, 9.17) is 4.74 Å². The van der Waals surface area contributed by atoms with Crippen LogP contribution in [0.25, 0.3) is 0 Å². The van der Waals surface area contributed by atoms with E-state index >= 15 is 0 Å². The Balaban J connectivity index is 1.84. The molecule has 5 heteroatoms. The van der Waals surface area contributed by atoms with Gasteiger partial charge in [0.15, 0.2) is 0 Å². The highest BCUT2D eigenvalue weighted by atomic mass is 16.5. The van der Waals surface area contributed by atoms with Crippen molar-refractivity contribution in [3.05, 3.63) is 0 Å². The normalized spacial score (nSPS) is 25.5. The number of likely N-dealkylation sites (tertiary alicyclic amines) is 1. The highest BCUT2D eigenvalue weighted by Gasteiger charge is 2.45. The number of ether oxygens (including phenoxy) is 1. The number of nitrogens with zero attached hydrogens (tertiary/aromatic N) is 1. The van der Waals surface area contributed by atoms with Gasteiger partial charge in [0.05, 0.1) is 12.5 Å². The van der Waals surface area contributed by atoms with E-state index in [0.29, 0.717) is 11.8 Å². The number of rotatable bonds is 7. The van der Waals surface area contributed by atoms with Crippen molar-refractivity contribution < 1.29 is 14.3 Å². The molecule has 2 amide bonds. The number of amides is 2. The van der Waals surface area contributed by atoms with Gasteiger partial charge in [0, 0.05) is 26.3 Å². The molecule has 1 aliphatic carbocycles. The van der Waals surface area contributed by atoms with Crippen LogP contribution >= 0.6 is 0 Å². The van der Waals surface area contributed by atoms with Crippen LogP contribution in [0.3, 0.4) is 0 Å². The summed E-state index contributed by atoms with van der Waals surface area (Å²) in [6.45, 7) is 5.32. The molecule has 0 aromatic heterocycles. The average molecular weight is 268 g/mol. The van der Waals surface area contributed by atoms with Gasteiger partial charge in [-0.1, -0.05) is 0 Å². The number of nitrogens with one attached hydrogen (secondary N) is 1. The maximum Gasteiger partial charge on any atom is 0.247 e. The molecule has 0 aromatic rings. The van der Waals surface area contributed by atoms with Gasteiger partial charge in [-0.2, -0.15) is 0 Å². The third-order valence-electron chi connectivity index (χ3n) is 4.22. The fourth-order valence-corrected chi connectivity index (χ4v) is 2.70. The van der Waals surface area contributed by atoms with Gasteiger partial charge in [0.1, 0.15) is 0 Å². The second-order valence-electron chi connectivity index (χ2n) is 6.08. The van der Waals surface area contributed by atoms with Gasteiger partial charge >= 0.3 is 0 Å². The Morgan fingerprint density at radius 1 is 1.42 bits per heavy atom. The van der Waals surface area contributed by atoms with Crippen LogP contribution in [0.4, 0.5) is 0 Å². The van der Waals surface area contributed by atoms with Crippen molar-refractivity contribution in [3.8, 4) is 0 Å². The number of carbonyl (C=O) groups is 2. The lowest BCUT2D eigenvalue weighted by atomic mass is 10.0. The molecule has 1 heterocycles. The summed E-state index contributed by atoms with van der Waals surface area (Å²) in [5.74, 6) is -0.123. The maximum absolute atomic E-state index is 12.1. The Kier molecular flexibility index (Phi) is 4.26. The Labute approximate surface area is 114 Å². The molecule has 0 aromatic carbocycles. The van der Waals surface area contributed by atoms with Crippen molar-refractivity contribution in [1.29, 1.82) is 0 Å². The predicted molar refractivity (Wildman–Crippen MR) is 71.6 cm³/mol. The number of carbonyl (C=O) groups excluding carboxylic acids is 2. The molecule has 5 nitrogen and oxygen atoms in total. The number of hydrogen-bond acceptors (Lipinski definition) is 4. The molecule has 0 radical (unpaired) electrons. The smallest absolute Gasteiger partial charge is 0.247 e. The summed E-state index contributed by atoms with van der Waals surface area (Å²) in [7, 11) is 1.71. The van der Waals surface area contributed by atoms with E-state index in [9.17, 15) is 9.59 Å². The van der Waals surface area contributed by atoms with Crippen LogP contribution in [0.1, 0.15) is 39.5 Å². The zero-order chi connectivity index (χ0) is 14.0. The number of methoxy groups -OCH3 is 1. The molecule has 1 atom stereocenters. The molecule has 1 saturated carbocycles. The lowest BCUT2D eigenvalue weighted by molar-refractivity contribution is -0.140. The molecule has 2 fully saturated rings. The standard InChI is InChI=1S/C14H24N2O3/c1-10(2)16-12(17)8-11(13(16)18)15-9-14(4-5-14)6-7-19-3/h10-11,15H,4-9H2,1-3H3. The highest BCUT2D eigenvalue weighted by Crippen LogP contribution is 2.48. The van der Waals surface area contributed by atoms with Gasteiger partial charge in [0.2, 0.25) is 11.8 Å². The van der Waals surface area contributed by atoms with Crippen LogP contribution in [-0.2, 0) is 14.3 Å². The summed E-state index contributed by atoms with van der Waals surface area (Å²) < 4.78 is 5.12. The van der Waals surface area contributed by atoms with E-state index in [1.807, 2.05) is 13.8 Å². The first-order valence-electron chi connectivity index (χ1n) is 7.07. The van der Waals surface area contributed by atoms with E-state index in [1.165, 1.54) is 17.7 Å². The maximum atomic E-state index is 12.1. The third kappa shape index (κ3) is 3.15. The SMILES string of the molecule is COCCC1(CNC2CC(=O)N(C(C)C)C2=O)CC1. The molecule has 0 spiro atoms. The molecule has 1 aliphatic heterocycles. The van der Waals surface area contributed by atoms with E-state index in [0.717, 1.165) is 19.6 Å².